The lowest BCUT2D eigenvalue weighted by Gasteiger charge is -2.26. The summed E-state index contributed by atoms with van der Waals surface area (Å²) in [5.74, 6) is -0.249. The van der Waals surface area contributed by atoms with Gasteiger partial charge in [0.1, 0.15) is 0 Å². The second-order valence-corrected chi connectivity index (χ2v) is 5.42. The summed E-state index contributed by atoms with van der Waals surface area (Å²) in [6.45, 7) is 4.33. The molecule has 1 unspecified atom stereocenters. The maximum atomic E-state index is 13.0. The van der Waals surface area contributed by atoms with E-state index in [0.717, 1.165) is 18.7 Å². The summed E-state index contributed by atoms with van der Waals surface area (Å²) in [5.41, 5.74) is -0.916. The average molecular weight is 289 g/mol. The maximum absolute atomic E-state index is 13.0. The number of hydrogen-bond donors (Lipinski definition) is 0. The lowest BCUT2D eigenvalue weighted by molar-refractivity contribution is -0.138. The van der Waals surface area contributed by atoms with Gasteiger partial charge in [0.05, 0.1) is 18.2 Å². The number of rotatable bonds is 2. The smallest absolute Gasteiger partial charge is 0.379 e. The molecule has 1 aliphatic rings. The molecule has 1 aromatic rings. The molecule has 0 aliphatic carbocycles. The Bertz CT molecular complexity index is 528. The van der Waals surface area contributed by atoms with E-state index < -0.39 is 11.7 Å². The molecule has 0 bridgehead atoms. The first-order valence-electron chi connectivity index (χ1n) is 6.71. The third-order valence-electron chi connectivity index (χ3n) is 3.55. The van der Waals surface area contributed by atoms with Gasteiger partial charge in [0.25, 0.3) is 5.56 Å². The van der Waals surface area contributed by atoms with Crippen LogP contribution in [0.3, 0.4) is 0 Å². The molecular formula is C14H18F3NO2. The first-order valence-corrected chi connectivity index (χ1v) is 6.71. The molecule has 0 saturated carbocycles. The molecule has 0 aromatic carbocycles. The fraction of sp³-hybridized carbons (Fsp3) is 0.643. The van der Waals surface area contributed by atoms with Crippen molar-refractivity contribution in [3.05, 3.63) is 33.7 Å². The van der Waals surface area contributed by atoms with Crippen LogP contribution >= 0.6 is 0 Å². The van der Waals surface area contributed by atoms with Crippen LogP contribution in [0.15, 0.2) is 17.1 Å². The van der Waals surface area contributed by atoms with Crippen molar-refractivity contribution in [2.24, 2.45) is 0 Å². The molecule has 20 heavy (non-hydrogen) atoms. The number of nitrogens with zero attached hydrogens (tertiary/aromatic N) is 1. The van der Waals surface area contributed by atoms with E-state index in [9.17, 15) is 18.0 Å². The third kappa shape index (κ3) is 3.06. The van der Waals surface area contributed by atoms with Gasteiger partial charge in [-0.1, -0.05) is 13.8 Å². The summed E-state index contributed by atoms with van der Waals surface area (Å²) < 4.78 is 45.4. The summed E-state index contributed by atoms with van der Waals surface area (Å²) in [6.07, 6.45) is -2.11. The lowest BCUT2D eigenvalue weighted by atomic mass is 10.0. The molecular weight excluding hydrogens is 271 g/mol. The van der Waals surface area contributed by atoms with Gasteiger partial charge in [0.15, 0.2) is 0 Å². The zero-order chi connectivity index (χ0) is 14.9. The minimum absolute atomic E-state index is 0.199. The number of pyridine rings is 1. The Morgan fingerprint density at radius 2 is 2.10 bits per heavy atom. The van der Waals surface area contributed by atoms with Gasteiger partial charge in [-0.2, -0.15) is 13.2 Å². The van der Waals surface area contributed by atoms with Gasteiger partial charge in [-0.05, 0) is 24.8 Å². The number of ether oxygens (including phenoxy) is 1. The Labute approximate surface area is 115 Å². The maximum Gasteiger partial charge on any atom is 0.417 e. The van der Waals surface area contributed by atoms with Crippen LogP contribution in [0.2, 0.25) is 0 Å². The van der Waals surface area contributed by atoms with Crippen molar-refractivity contribution in [3.63, 3.8) is 0 Å². The predicted octanol–water partition coefficient (Wildman–Crippen LogP) is 3.34. The van der Waals surface area contributed by atoms with E-state index in [4.69, 9.17) is 4.74 Å². The van der Waals surface area contributed by atoms with Crippen molar-refractivity contribution < 1.29 is 17.9 Å². The third-order valence-corrected chi connectivity index (χ3v) is 3.55. The molecule has 0 radical (unpaired) electrons. The van der Waals surface area contributed by atoms with Crippen molar-refractivity contribution in [1.29, 1.82) is 0 Å². The molecule has 6 heteroatoms. The highest BCUT2D eigenvalue weighted by atomic mass is 19.4. The lowest BCUT2D eigenvalue weighted by Crippen LogP contribution is -2.33. The Morgan fingerprint density at radius 1 is 1.40 bits per heavy atom. The van der Waals surface area contributed by atoms with Crippen molar-refractivity contribution in [3.8, 4) is 0 Å². The average Bonchev–Trinajstić information content (AvgIpc) is 2.38. The van der Waals surface area contributed by atoms with E-state index in [0.29, 0.717) is 19.6 Å². The topological polar surface area (TPSA) is 31.2 Å². The summed E-state index contributed by atoms with van der Waals surface area (Å²) in [4.78, 5) is 12.3. The van der Waals surface area contributed by atoms with Crippen LogP contribution in [0.1, 0.15) is 49.8 Å². The van der Waals surface area contributed by atoms with E-state index >= 15 is 0 Å². The van der Waals surface area contributed by atoms with Gasteiger partial charge >= 0.3 is 6.18 Å². The molecule has 1 aromatic heterocycles. The van der Waals surface area contributed by atoms with Gasteiger partial charge in [-0.3, -0.25) is 4.79 Å². The fourth-order valence-corrected chi connectivity index (χ4v) is 2.41. The van der Waals surface area contributed by atoms with Crippen LogP contribution in [0.25, 0.3) is 0 Å². The standard InChI is InChI=1S/C14H18F3NO2/c1-9(2)12-6-10(14(15,16)17)7-18(13(12)19)11-4-3-5-20-8-11/h6-7,9,11H,3-5,8H2,1-2H3. The van der Waals surface area contributed by atoms with E-state index in [1.807, 2.05) is 0 Å². The molecule has 1 fully saturated rings. The monoisotopic (exact) mass is 289 g/mol. The van der Waals surface area contributed by atoms with Crippen LogP contribution < -0.4 is 5.56 Å². The molecule has 1 saturated heterocycles. The number of aromatic nitrogens is 1. The normalized spacial score (nSPS) is 20.4. The molecule has 0 spiro atoms. The second-order valence-electron chi connectivity index (χ2n) is 5.42. The van der Waals surface area contributed by atoms with E-state index in [1.165, 1.54) is 4.57 Å². The van der Waals surface area contributed by atoms with Gasteiger partial charge in [-0.15, -0.1) is 0 Å². The zero-order valence-electron chi connectivity index (χ0n) is 11.5. The van der Waals surface area contributed by atoms with Crippen LogP contribution in [-0.4, -0.2) is 17.8 Å². The minimum Gasteiger partial charge on any atom is -0.379 e. The van der Waals surface area contributed by atoms with Crippen molar-refractivity contribution in [1.82, 2.24) is 4.57 Å². The van der Waals surface area contributed by atoms with E-state index in [2.05, 4.69) is 0 Å². The largest absolute Gasteiger partial charge is 0.417 e. The highest BCUT2D eigenvalue weighted by Gasteiger charge is 2.33. The first-order chi connectivity index (χ1) is 9.30. The first kappa shape index (κ1) is 15.1. The number of halogens is 3. The molecule has 1 atom stereocenters. The Kier molecular flexibility index (Phi) is 4.22. The van der Waals surface area contributed by atoms with Crippen LogP contribution in [0.4, 0.5) is 13.2 Å². The zero-order valence-corrected chi connectivity index (χ0v) is 11.5. The summed E-state index contributed by atoms with van der Waals surface area (Å²) in [5, 5.41) is 0. The summed E-state index contributed by atoms with van der Waals surface area (Å²) in [7, 11) is 0. The molecule has 0 amide bonds. The SMILES string of the molecule is CC(C)c1cc(C(F)(F)F)cn(C2CCCOC2)c1=O. The van der Waals surface area contributed by atoms with Crippen LogP contribution in [0, 0.1) is 0 Å². The van der Waals surface area contributed by atoms with Crippen molar-refractivity contribution >= 4 is 0 Å². The molecule has 3 nitrogen and oxygen atoms in total. The summed E-state index contributed by atoms with van der Waals surface area (Å²) >= 11 is 0. The molecule has 0 N–H and O–H groups in total. The highest BCUT2D eigenvalue weighted by molar-refractivity contribution is 5.24. The number of alkyl halides is 3. The van der Waals surface area contributed by atoms with Gasteiger partial charge in [0, 0.05) is 18.4 Å². The van der Waals surface area contributed by atoms with Crippen LogP contribution in [0.5, 0.6) is 0 Å². The van der Waals surface area contributed by atoms with Crippen molar-refractivity contribution in [2.45, 2.75) is 44.8 Å². The fourth-order valence-electron chi connectivity index (χ4n) is 2.41. The molecule has 2 rings (SSSR count). The predicted molar refractivity (Wildman–Crippen MR) is 68.9 cm³/mol. The number of hydrogen-bond acceptors (Lipinski definition) is 2. The Hall–Kier alpha value is -1.30. The highest BCUT2D eigenvalue weighted by Crippen LogP contribution is 2.31. The minimum atomic E-state index is -4.45. The van der Waals surface area contributed by atoms with E-state index in [1.54, 1.807) is 13.8 Å². The van der Waals surface area contributed by atoms with Crippen molar-refractivity contribution in [2.75, 3.05) is 13.2 Å². The summed E-state index contributed by atoms with van der Waals surface area (Å²) in [6, 6.07) is 0.656. The molecule has 112 valence electrons. The van der Waals surface area contributed by atoms with Gasteiger partial charge < -0.3 is 9.30 Å². The van der Waals surface area contributed by atoms with E-state index in [-0.39, 0.29) is 23.1 Å². The second kappa shape index (κ2) is 5.60. The van der Waals surface area contributed by atoms with Gasteiger partial charge in [-0.25, -0.2) is 0 Å². The van der Waals surface area contributed by atoms with Crippen LogP contribution in [-0.2, 0) is 10.9 Å². The Balaban J connectivity index is 2.54. The molecule has 1 aliphatic heterocycles. The quantitative estimate of drug-likeness (QED) is 0.836. The van der Waals surface area contributed by atoms with Gasteiger partial charge in [0.2, 0.25) is 0 Å². The Morgan fingerprint density at radius 3 is 2.60 bits per heavy atom. The molecule has 2 heterocycles.